The first kappa shape index (κ1) is 12.6. The molecule has 0 radical (unpaired) electrons. The number of ether oxygens (including phenoxy) is 2. The van der Waals surface area contributed by atoms with E-state index in [1.807, 2.05) is 28.8 Å². The van der Waals surface area contributed by atoms with E-state index < -0.39 is 0 Å². The van der Waals surface area contributed by atoms with Crippen LogP contribution in [0, 0.1) is 4.77 Å². The maximum atomic E-state index is 5.36. The lowest BCUT2D eigenvalue weighted by Crippen LogP contribution is -1.97. The zero-order valence-corrected chi connectivity index (χ0v) is 11.8. The molecule has 0 unspecified atom stereocenters. The molecule has 0 spiro atoms. The SMILES string of the molecule is COc1ccc(-n2c(=S)[nH]c3c(OC)ncnc32)cc1. The van der Waals surface area contributed by atoms with E-state index in [0.29, 0.717) is 21.8 Å². The third-order valence-electron chi connectivity index (χ3n) is 2.96. The van der Waals surface area contributed by atoms with Gasteiger partial charge in [0.15, 0.2) is 10.4 Å². The summed E-state index contributed by atoms with van der Waals surface area (Å²) in [7, 11) is 3.19. The molecule has 3 aromatic rings. The number of nitrogens with zero attached hydrogens (tertiary/aromatic N) is 3. The fourth-order valence-electron chi connectivity index (χ4n) is 2.02. The summed E-state index contributed by atoms with van der Waals surface area (Å²) in [5.74, 6) is 1.25. The molecule has 0 fully saturated rings. The number of hydrogen-bond acceptors (Lipinski definition) is 5. The quantitative estimate of drug-likeness (QED) is 0.750. The number of benzene rings is 1. The van der Waals surface area contributed by atoms with Crippen molar-refractivity contribution in [3.63, 3.8) is 0 Å². The molecule has 0 atom stereocenters. The van der Waals surface area contributed by atoms with Gasteiger partial charge in [0, 0.05) is 0 Å². The summed E-state index contributed by atoms with van der Waals surface area (Å²) < 4.78 is 12.7. The number of rotatable bonds is 3. The first-order valence-electron chi connectivity index (χ1n) is 5.88. The van der Waals surface area contributed by atoms with Gasteiger partial charge >= 0.3 is 0 Å². The van der Waals surface area contributed by atoms with Crippen LogP contribution in [0.1, 0.15) is 0 Å². The molecule has 20 heavy (non-hydrogen) atoms. The van der Waals surface area contributed by atoms with Gasteiger partial charge in [-0.15, -0.1) is 0 Å². The minimum Gasteiger partial charge on any atom is -0.497 e. The van der Waals surface area contributed by atoms with Crippen molar-refractivity contribution in [2.45, 2.75) is 0 Å². The molecular formula is C13H12N4O2S. The average Bonchev–Trinajstić information content (AvgIpc) is 2.83. The minimum atomic E-state index is 0.466. The highest BCUT2D eigenvalue weighted by Gasteiger charge is 2.12. The summed E-state index contributed by atoms with van der Waals surface area (Å²) in [5.41, 5.74) is 2.24. The first-order chi connectivity index (χ1) is 9.74. The molecule has 0 amide bonds. The van der Waals surface area contributed by atoms with Crippen LogP contribution in [0.2, 0.25) is 0 Å². The van der Waals surface area contributed by atoms with Gasteiger partial charge in [0.25, 0.3) is 0 Å². The van der Waals surface area contributed by atoms with Crippen LogP contribution in [0.25, 0.3) is 16.9 Å². The Morgan fingerprint density at radius 1 is 1.10 bits per heavy atom. The molecule has 0 saturated carbocycles. The lowest BCUT2D eigenvalue weighted by atomic mass is 10.3. The van der Waals surface area contributed by atoms with E-state index in [0.717, 1.165) is 11.4 Å². The van der Waals surface area contributed by atoms with E-state index in [1.165, 1.54) is 6.33 Å². The van der Waals surface area contributed by atoms with Gasteiger partial charge < -0.3 is 14.5 Å². The van der Waals surface area contributed by atoms with Gasteiger partial charge in [-0.2, -0.15) is 4.98 Å². The van der Waals surface area contributed by atoms with Crippen LogP contribution in [0.15, 0.2) is 30.6 Å². The number of methoxy groups -OCH3 is 2. The van der Waals surface area contributed by atoms with Crippen molar-refractivity contribution in [2.24, 2.45) is 0 Å². The van der Waals surface area contributed by atoms with Crippen LogP contribution in [-0.2, 0) is 0 Å². The summed E-state index contributed by atoms with van der Waals surface area (Å²) in [4.78, 5) is 11.4. The molecule has 0 saturated heterocycles. The summed E-state index contributed by atoms with van der Waals surface area (Å²) in [6.07, 6.45) is 1.45. The first-order valence-corrected chi connectivity index (χ1v) is 6.29. The highest BCUT2D eigenvalue weighted by molar-refractivity contribution is 7.71. The van der Waals surface area contributed by atoms with Crippen LogP contribution >= 0.6 is 12.2 Å². The van der Waals surface area contributed by atoms with Gasteiger partial charge in [0.1, 0.15) is 17.6 Å². The lowest BCUT2D eigenvalue weighted by Gasteiger charge is -2.05. The Hall–Kier alpha value is -2.41. The summed E-state index contributed by atoms with van der Waals surface area (Å²) in [5, 5.41) is 0. The van der Waals surface area contributed by atoms with Gasteiger partial charge in [0.2, 0.25) is 5.88 Å². The fourth-order valence-corrected chi connectivity index (χ4v) is 2.32. The van der Waals surface area contributed by atoms with Gasteiger partial charge in [-0.05, 0) is 36.5 Å². The predicted molar refractivity (Wildman–Crippen MR) is 77.2 cm³/mol. The minimum absolute atomic E-state index is 0.466. The van der Waals surface area contributed by atoms with Crippen LogP contribution in [0.3, 0.4) is 0 Å². The topological polar surface area (TPSA) is 65.0 Å². The Morgan fingerprint density at radius 2 is 1.85 bits per heavy atom. The second-order valence-corrected chi connectivity index (χ2v) is 4.43. The van der Waals surface area contributed by atoms with Crippen molar-refractivity contribution < 1.29 is 9.47 Å². The highest BCUT2D eigenvalue weighted by atomic mass is 32.1. The largest absolute Gasteiger partial charge is 0.497 e. The van der Waals surface area contributed by atoms with Crippen molar-refractivity contribution in [1.29, 1.82) is 0 Å². The summed E-state index contributed by atoms with van der Waals surface area (Å²) >= 11 is 5.36. The number of hydrogen-bond donors (Lipinski definition) is 1. The molecule has 1 N–H and O–H groups in total. The van der Waals surface area contributed by atoms with Crippen molar-refractivity contribution in [3.05, 3.63) is 35.4 Å². The molecule has 2 aromatic heterocycles. The molecule has 6 nitrogen and oxygen atoms in total. The summed E-state index contributed by atoms with van der Waals surface area (Å²) in [6, 6.07) is 7.57. The number of fused-ring (bicyclic) bond motifs is 1. The van der Waals surface area contributed by atoms with Crippen molar-refractivity contribution in [3.8, 4) is 17.3 Å². The monoisotopic (exact) mass is 288 g/mol. The van der Waals surface area contributed by atoms with Crippen LogP contribution in [0.4, 0.5) is 0 Å². The van der Waals surface area contributed by atoms with Crippen molar-refractivity contribution >= 4 is 23.4 Å². The summed E-state index contributed by atoms with van der Waals surface area (Å²) in [6.45, 7) is 0. The molecule has 0 aliphatic heterocycles. The molecular weight excluding hydrogens is 276 g/mol. The van der Waals surface area contributed by atoms with E-state index in [2.05, 4.69) is 15.0 Å². The van der Waals surface area contributed by atoms with Crippen molar-refractivity contribution in [2.75, 3.05) is 14.2 Å². The Morgan fingerprint density at radius 3 is 2.50 bits per heavy atom. The Bertz CT molecular complexity index is 807. The molecule has 7 heteroatoms. The number of imidazole rings is 1. The number of aromatic amines is 1. The lowest BCUT2D eigenvalue weighted by molar-refractivity contribution is 0.401. The van der Waals surface area contributed by atoms with E-state index in [1.54, 1.807) is 14.2 Å². The average molecular weight is 288 g/mol. The molecule has 102 valence electrons. The molecule has 1 aromatic carbocycles. The Kier molecular flexibility index (Phi) is 3.11. The van der Waals surface area contributed by atoms with Crippen molar-refractivity contribution in [1.82, 2.24) is 19.5 Å². The van der Waals surface area contributed by atoms with E-state index in [-0.39, 0.29) is 0 Å². The maximum Gasteiger partial charge on any atom is 0.242 e. The normalized spacial score (nSPS) is 10.7. The van der Waals surface area contributed by atoms with Gasteiger partial charge in [-0.25, -0.2) is 4.98 Å². The smallest absolute Gasteiger partial charge is 0.242 e. The predicted octanol–water partition coefficient (Wildman–Crippen LogP) is 2.50. The maximum absolute atomic E-state index is 5.36. The van der Waals surface area contributed by atoms with E-state index >= 15 is 0 Å². The van der Waals surface area contributed by atoms with Gasteiger partial charge in [-0.3, -0.25) is 4.57 Å². The molecule has 0 aliphatic rings. The van der Waals surface area contributed by atoms with Crippen LogP contribution in [0.5, 0.6) is 11.6 Å². The molecule has 2 heterocycles. The zero-order valence-electron chi connectivity index (χ0n) is 11.0. The Balaban J connectivity index is 2.25. The van der Waals surface area contributed by atoms with E-state index in [4.69, 9.17) is 21.7 Å². The van der Waals surface area contributed by atoms with Crippen LogP contribution in [-0.4, -0.2) is 33.7 Å². The Labute approximate surface area is 120 Å². The molecule has 0 aliphatic carbocycles. The zero-order chi connectivity index (χ0) is 14.1. The van der Waals surface area contributed by atoms with Gasteiger partial charge in [-0.1, -0.05) is 0 Å². The number of aromatic nitrogens is 4. The third-order valence-corrected chi connectivity index (χ3v) is 3.25. The van der Waals surface area contributed by atoms with Gasteiger partial charge in [0.05, 0.1) is 19.9 Å². The number of H-pyrrole nitrogens is 1. The molecule has 3 rings (SSSR count). The third kappa shape index (κ3) is 1.92. The standard InChI is InChI=1S/C13H12N4O2S/c1-18-9-5-3-8(4-6-9)17-11-10(16-13(17)20)12(19-2)15-7-14-11/h3-7H,1-2H3,(H,16,20). The van der Waals surface area contributed by atoms with E-state index in [9.17, 15) is 0 Å². The highest BCUT2D eigenvalue weighted by Crippen LogP contribution is 2.24. The van der Waals surface area contributed by atoms with Crippen LogP contribution < -0.4 is 9.47 Å². The number of nitrogens with one attached hydrogen (secondary N) is 1. The fraction of sp³-hybridized carbons (Fsp3) is 0.154. The molecule has 0 bridgehead atoms. The second kappa shape index (κ2) is 4.93. The second-order valence-electron chi connectivity index (χ2n) is 4.05.